The highest BCUT2D eigenvalue weighted by molar-refractivity contribution is 5.48. The smallest absolute Gasteiger partial charge is 0.150 e. The van der Waals surface area contributed by atoms with Gasteiger partial charge in [0.25, 0.3) is 0 Å². The Morgan fingerprint density at radius 2 is 1.38 bits per heavy atom. The average molecular weight is 513 g/mol. The molecule has 0 amide bonds. The molecule has 1 aliphatic carbocycles. The first-order valence-corrected chi connectivity index (χ1v) is 13.3. The Morgan fingerprint density at radius 1 is 0.692 bits per heavy atom. The molecule has 194 valence electrons. The lowest BCUT2D eigenvalue weighted by molar-refractivity contribution is 0.240. The van der Waals surface area contributed by atoms with Crippen molar-refractivity contribution in [3.05, 3.63) is 131 Å². The molecule has 2 atom stereocenters. The number of methoxy groups -OCH3 is 1. The summed E-state index contributed by atoms with van der Waals surface area (Å²) < 4.78 is 16.9. The first-order valence-electron chi connectivity index (χ1n) is 13.3. The minimum atomic E-state index is 0.254. The van der Waals surface area contributed by atoms with Gasteiger partial charge < -0.3 is 14.2 Å². The molecule has 3 heteroatoms. The third kappa shape index (κ3) is 6.91. The minimum absolute atomic E-state index is 0.254. The Kier molecular flexibility index (Phi) is 8.98. The van der Waals surface area contributed by atoms with Crippen LogP contribution in [0.3, 0.4) is 0 Å². The van der Waals surface area contributed by atoms with E-state index in [4.69, 9.17) is 14.2 Å². The molecule has 0 fully saturated rings. The lowest BCUT2D eigenvalue weighted by atomic mass is 9.69. The third-order valence-corrected chi connectivity index (χ3v) is 7.06. The van der Waals surface area contributed by atoms with Crippen LogP contribution in [0.4, 0.5) is 0 Å². The summed E-state index contributed by atoms with van der Waals surface area (Å²) in [6, 6.07) is 36.3. The second-order valence-electron chi connectivity index (χ2n) is 9.56. The Hall–Kier alpha value is -4.44. The van der Waals surface area contributed by atoms with Gasteiger partial charge in [-0.15, -0.1) is 0 Å². The maximum atomic E-state index is 6.16. The van der Waals surface area contributed by atoms with Crippen molar-refractivity contribution in [3.8, 4) is 35.2 Å². The first-order chi connectivity index (χ1) is 19.3. The summed E-state index contributed by atoms with van der Waals surface area (Å²) in [6.07, 6.45) is 2.11. The summed E-state index contributed by atoms with van der Waals surface area (Å²) in [6.45, 7) is 1.25. The van der Waals surface area contributed by atoms with Gasteiger partial charge in [-0.1, -0.05) is 84.8 Å². The van der Waals surface area contributed by atoms with Crippen LogP contribution in [-0.4, -0.2) is 20.3 Å². The molecule has 0 aromatic heterocycles. The molecule has 5 rings (SSSR count). The van der Waals surface area contributed by atoms with Crippen LogP contribution in [0.15, 0.2) is 103 Å². The molecule has 0 unspecified atom stereocenters. The third-order valence-electron chi connectivity index (χ3n) is 7.06. The Morgan fingerprint density at radius 3 is 2.13 bits per heavy atom. The van der Waals surface area contributed by atoms with E-state index in [9.17, 15) is 0 Å². The molecule has 0 heterocycles. The minimum Gasteiger partial charge on any atom is -0.489 e. The maximum absolute atomic E-state index is 6.16. The van der Waals surface area contributed by atoms with E-state index in [1.54, 1.807) is 7.11 Å². The summed E-state index contributed by atoms with van der Waals surface area (Å²) in [5, 5.41) is 0. The first kappa shape index (κ1) is 26.2. The molecule has 4 aromatic carbocycles. The van der Waals surface area contributed by atoms with E-state index in [-0.39, 0.29) is 5.92 Å². The van der Waals surface area contributed by atoms with Crippen LogP contribution in [0.2, 0.25) is 0 Å². The van der Waals surface area contributed by atoms with Crippen molar-refractivity contribution < 1.29 is 14.2 Å². The molecule has 0 spiro atoms. The van der Waals surface area contributed by atoms with Gasteiger partial charge in [0.1, 0.15) is 31.3 Å². The van der Waals surface area contributed by atoms with Gasteiger partial charge in [0.05, 0.1) is 0 Å². The number of ether oxygens (including phenoxy) is 3. The summed E-state index contributed by atoms with van der Waals surface area (Å²) >= 11 is 0. The monoisotopic (exact) mass is 512 g/mol. The van der Waals surface area contributed by atoms with Gasteiger partial charge in [0, 0.05) is 13.0 Å². The lowest BCUT2D eigenvalue weighted by Gasteiger charge is -2.35. The maximum Gasteiger partial charge on any atom is 0.150 e. The molecule has 0 radical (unpaired) electrons. The van der Waals surface area contributed by atoms with Crippen LogP contribution in [0.25, 0.3) is 0 Å². The van der Waals surface area contributed by atoms with E-state index in [0.717, 1.165) is 24.3 Å². The molecule has 0 aliphatic heterocycles. The molecule has 0 saturated carbocycles. The largest absolute Gasteiger partial charge is 0.489 e. The molecule has 0 N–H and O–H groups in total. The highest BCUT2D eigenvalue weighted by Crippen LogP contribution is 2.47. The number of hydrogen-bond acceptors (Lipinski definition) is 3. The zero-order valence-corrected chi connectivity index (χ0v) is 22.2. The molecule has 3 nitrogen and oxygen atoms in total. The summed E-state index contributed by atoms with van der Waals surface area (Å²) in [7, 11) is 1.61. The van der Waals surface area contributed by atoms with Crippen molar-refractivity contribution in [2.75, 3.05) is 20.3 Å². The standard InChI is InChI=1S/C36H32O3/c1-37-24-10-2-3-11-25-38-32-19-16-30(17-20-32)36-34(29-14-8-5-9-15-29)22-18-31-26-33(21-23-35(31)36)39-27-28-12-6-4-7-13-28/h4-9,12-17,19-21,23,26,34,36H,18,22,24-25,27H2,1H3/t34-,36+/m1/s1. The molecule has 0 bridgehead atoms. The Bertz CT molecular complexity index is 1470. The predicted octanol–water partition coefficient (Wildman–Crippen LogP) is 7.16. The zero-order chi connectivity index (χ0) is 26.7. The average Bonchev–Trinajstić information content (AvgIpc) is 3.00. The number of fused-ring (bicyclic) bond motifs is 1. The molecule has 39 heavy (non-hydrogen) atoms. The predicted molar refractivity (Wildman–Crippen MR) is 156 cm³/mol. The SMILES string of the molecule is COCC#CC#CCOc1ccc([C@@H]2c3ccc(OCc4ccccc4)cc3CC[C@@H]2c2ccccc2)cc1. The van der Waals surface area contributed by atoms with Gasteiger partial charge in [-0.3, -0.25) is 0 Å². The summed E-state index contributed by atoms with van der Waals surface area (Å²) in [4.78, 5) is 0. The zero-order valence-electron chi connectivity index (χ0n) is 22.2. The van der Waals surface area contributed by atoms with E-state index >= 15 is 0 Å². The molecular formula is C36H32O3. The fourth-order valence-corrected chi connectivity index (χ4v) is 5.22. The molecular weight excluding hydrogens is 480 g/mol. The van der Waals surface area contributed by atoms with Crippen molar-refractivity contribution in [1.82, 2.24) is 0 Å². The van der Waals surface area contributed by atoms with Gasteiger partial charge in [-0.05, 0) is 88.6 Å². The fourth-order valence-electron chi connectivity index (χ4n) is 5.22. The highest BCUT2D eigenvalue weighted by Gasteiger charge is 2.32. The van der Waals surface area contributed by atoms with Gasteiger partial charge in [-0.25, -0.2) is 0 Å². The van der Waals surface area contributed by atoms with Gasteiger partial charge in [0.15, 0.2) is 0 Å². The van der Waals surface area contributed by atoms with Crippen molar-refractivity contribution >= 4 is 0 Å². The van der Waals surface area contributed by atoms with E-state index in [0.29, 0.717) is 25.7 Å². The summed E-state index contributed by atoms with van der Waals surface area (Å²) in [5.74, 6) is 13.6. The van der Waals surface area contributed by atoms with Crippen LogP contribution < -0.4 is 9.47 Å². The number of rotatable bonds is 8. The molecule has 1 aliphatic rings. The second kappa shape index (κ2) is 13.4. The van der Waals surface area contributed by atoms with Crippen LogP contribution in [0, 0.1) is 23.7 Å². The number of hydrogen-bond donors (Lipinski definition) is 0. The normalized spacial score (nSPS) is 15.6. The van der Waals surface area contributed by atoms with Crippen LogP contribution >= 0.6 is 0 Å². The number of benzene rings is 4. The fraction of sp³-hybridized carbons (Fsp3) is 0.222. The quantitative estimate of drug-likeness (QED) is 0.235. The molecule has 0 saturated heterocycles. The van der Waals surface area contributed by atoms with E-state index < -0.39 is 0 Å². The second-order valence-corrected chi connectivity index (χ2v) is 9.56. The number of aryl methyl sites for hydroxylation is 1. The van der Waals surface area contributed by atoms with Gasteiger partial charge in [-0.2, -0.15) is 0 Å². The topological polar surface area (TPSA) is 27.7 Å². The highest BCUT2D eigenvalue weighted by atomic mass is 16.5. The van der Waals surface area contributed by atoms with Crippen molar-refractivity contribution in [1.29, 1.82) is 0 Å². The van der Waals surface area contributed by atoms with Gasteiger partial charge >= 0.3 is 0 Å². The Balaban J connectivity index is 1.36. The van der Waals surface area contributed by atoms with E-state index in [1.165, 1.54) is 27.8 Å². The lowest BCUT2D eigenvalue weighted by Crippen LogP contribution is -2.20. The van der Waals surface area contributed by atoms with E-state index in [2.05, 4.69) is 96.5 Å². The van der Waals surface area contributed by atoms with Crippen LogP contribution in [0.1, 0.15) is 46.1 Å². The van der Waals surface area contributed by atoms with Crippen LogP contribution in [-0.2, 0) is 17.8 Å². The van der Waals surface area contributed by atoms with Crippen molar-refractivity contribution in [3.63, 3.8) is 0 Å². The summed E-state index contributed by atoms with van der Waals surface area (Å²) in [5.41, 5.74) is 6.57. The van der Waals surface area contributed by atoms with Crippen molar-refractivity contribution in [2.24, 2.45) is 0 Å². The molecule has 4 aromatic rings. The Labute approximate surface area is 231 Å². The van der Waals surface area contributed by atoms with E-state index in [1.807, 2.05) is 30.3 Å². The van der Waals surface area contributed by atoms with Crippen molar-refractivity contribution in [2.45, 2.75) is 31.3 Å². The van der Waals surface area contributed by atoms with Crippen LogP contribution in [0.5, 0.6) is 11.5 Å². The van der Waals surface area contributed by atoms with Gasteiger partial charge in [0.2, 0.25) is 0 Å².